The lowest BCUT2D eigenvalue weighted by Crippen LogP contribution is -2.60. The lowest BCUT2D eigenvalue weighted by molar-refractivity contribution is -0.144. The second-order valence-electron chi connectivity index (χ2n) is 7.59. The number of guanidine groups is 1. The molecule has 0 fully saturated rings. The Bertz CT molecular complexity index is 685. The first-order valence-corrected chi connectivity index (χ1v) is 10.7. The fraction of sp³-hybridized carbons (Fsp3) is 0.722. The third-order valence-corrected chi connectivity index (χ3v) is 4.78. The Morgan fingerprint density at radius 1 is 0.969 bits per heavy atom. The number of aliphatic carboxylic acids is 1. The lowest BCUT2D eigenvalue weighted by Gasteiger charge is -2.26. The van der Waals surface area contributed by atoms with Crippen LogP contribution in [-0.4, -0.2) is 82.4 Å². The Morgan fingerprint density at radius 2 is 1.53 bits per heavy atom. The van der Waals surface area contributed by atoms with Gasteiger partial charge in [0.1, 0.15) is 18.1 Å². The summed E-state index contributed by atoms with van der Waals surface area (Å²) in [5, 5.41) is 26.2. The van der Waals surface area contributed by atoms with Crippen molar-refractivity contribution in [2.75, 3.05) is 12.3 Å². The number of thiol groups is 1. The maximum Gasteiger partial charge on any atom is 0.326 e. The second kappa shape index (κ2) is 14.5. The van der Waals surface area contributed by atoms with Crippen molar-refractivity contribution in [3.63, 3.8) is 0 Å². The number of carboxylic acids is 1. The van der Waals surface area contributed by atoms with Crippen LogP contribution >= 0.6 is 12.6 Å². The minimum atomic E-state index is -1.45. The lowest BCUT2D eigenvalue weighted by atomic mass is 10.0. The highest BCUT2D eigenvalue weighted by Gasteiger charge is 2.33. The number of carbonyl (C=O) groups excluding carboxylic acids is 3. The Labute approximate surface area is 192 Å². The summed E-state index contributed by atoms with van der Waals surface area (Å²) in [6, 6.07) is -4.74. The number of nitrogens with one attached hydrogen (secondary N) is 3. The van der Waals surface area contributed by atoms with Gasteiger partial charge in [0.05, 0.1) is 12.1 Å². The molecule has 0 heterocycles. The van der Waals surface area contributed by atoms with Gasteiger partial charge in [-0.15, -0.1) is 0 Å². The van der Waals surface area contributed by atoms with E-state index in [1.807, 2.05) is 0 Å². The van der Waals surface area contributed by atoms with Crippen LogP contribution < -0.4 is 33.2 Å². The number of nitrogens with zero attached hydrogens (tertiary/aromatic N) is 1. The van der Waals surface area contributed by atoms with Gasteiger partial charge in [0, 0.05) is 12.3 Å². The van der Waals surface area contributed by atoms with Crippen LogP contribution in [0.1, 0.15) is 33.6 Å². The first-order valence-electron chi connectivity index (χ1n) is 10.1. The first-order chi connectivity index (χ1) is 14.8. The Morgan fingerprint density at radius 3 is 1.97 bits per heavy atom. The molecule has 14 heteroatoms. The number of aliphatic hydroxyl groups is 1. The SMILES string of the molecule is CC(C)C(NC(=O)C(NC(=O)C(CS)NC(=O)C(N)CCCN=C(N)N)C(C)O)C(=O)O. The molecule has 0 aliphatic heterocycles. The molecule has 0 saturated heterocycles. The van der Waals surface area contributed by atoms with Crippen LogP contribution in [0.4, 0.5) is 0 Å². The predicted octanol–water partition coefficient (Wildman–Crippen LogP) is -3.13. The molecule has 13 nitrogen and oxygen atoms in total. The number of aliphatic imine (C=N–C) groups is 1. The Kier molecular flexibility index (Phi) is 13.3. The van der Waals surface area contributed by atoms with Gasteiger partial charge in [-0.05, 0) is 25.7 Å². The van der Waals surface area contributed by atoms with E-state index >= 15 is 0 Å². The summed E-state index contributed by atoms with van der Waals surface area (Å²) >= 11 is 4.04. The average molecular weight is 478 g/mol. The molecule has 32 heavy (non-hydrogen) atoms. The van der Waals surface area contributed by atoms with E-state index in [2.05, 4.69) is 33.6 Å². The van der Waals surface area contributed by atoms with Crippen LogP contribution in [0.25, 0.3) is 0 Å². The van der Waals surface area contributed by atoms with E-state index in [4.69, 9.17) is 17.2 Å². The molecule has 0 aromatic rings. The maximum atomic E-state index is 12.6. The molecule has 5 unspecified atom stereocenters. The molecule has 0 spiro atoms. The molecule has 0 aliphatic carbocycles. The largest absolute Gasteiger partial charge is 0.480 e. The number of amides is 3. The van der Waals surface area contributed by atoms with E-state index < -0.39 is 59.9 Å². The van der Waals surface area contributed by atoms with Crippen molar-refractivity contribution in [1.82, 2.24) is 16.0 Å². The van der Waals surface area contributed by atoms with Crippen LogP contribution in [0.2, 0.25) is 0 Å². The maximum absolute atomic E-state index is 12.6. The van der Waals surface area contributed by atoms with Gasteiger partial charge < -0.3 is 43.4 Å². The highest BCUT2D eigenvalue weighted by Crippen LogP contribution is 2.04. The van der Waals surface area contributed by atoms with Crippen LogP contribution in [0.3, 0.4) is 0 Å². The van der Waals surface area contributed by atoms with Crippen molar-refractivity contribution >= 4 is 42.3 Å². The van der Waals surface area contributed by atoms with Gasteiger partial charge in [-0.2, -0.15) is 12.6 Å². The molecule has 3 amide bonds. The second-order valence-corrected chi connectivity index (χ2v) is 7.96. The monoisotopic (exact) mass is 477 g/mol. The summed E-state index contributed by atoms with van der Waals surface area (Å²) in [5.41, 5.74) is 16.2. The molecule has 0 radical (unpaired) electrons. The van der Waals surface area contributed by atoms with E-state index in [-0.39, 0.29) is 18.1 Å². The molecule has 184 valence electrons. The molecule has 5 atom stereocenters. The summed E-state index contributed by atoms with van der Waals surface area (Å²) in [6.45, 7) is 4.75. The van der Waals surface area contributed by atoms with Gasteiger partial charge in [0.25, 0.3) is 0 Å². The number of hydrogen-bond acceptors (Lipinski definition) is 8. The molecule has 0 saturated carbocycles. The van der Waals surface area contributed by atoms with Gasteiger partial charge in [-0.25, -0.2) is 4.79 Å². The van der Waals surface area contributed by atoms with Gasteiger partial charge in [0.2, 0.25) is 17.7 Å². The summed E-state index contributed by atoms with van der Waals surface area (Å²) < 4.78 is 0. The predicted molar refractivity (Wildman–Crippen MR) is 122 cm³/mol. The summed E-state index contributed by atoms with van der Waals surface area (Å²) in [6.07, 6.45) is -0.641. The van der Waals surface area contributed by atoms with Crippen LogP contribution in [0.15, 0.2) is 4.99 Å². The number of carbonyl (C=O) groups is 4. The zero-order valence-electron chi connectivity index (χ0n) is 18.4. The highest BCUT2D eigenvalue weighted by molar-refractivity contribution is 7.80. The molecule has 0 rings (SSSR count). The number of nitrogens with two attached hydrogens (primary N) is 3. The number of carboxylic acid groups (broad SMARTS) is 1. The molecule has 0 aromatic carbocycles. The van der Waals surface area contributed by atoms with E-state index in [0.717, 1.165) is 0 Å². The summed E-state index contributed by atoms with van der Waals surface area (Å²) in [7, 11) is 0. The van der Waals surface area contributed by atoms with Crippen LogP contribution in [-0.2, 0) is 19.2 Å². The van der Waals surface area contributed by atoms with Crippen LogP contribution in [0, 0.1) is 5.92 Å². The van der Waals surface area contributed by atoms with Gasteiger partial charge in [-0.3, -0.25) is 19.4 Å². The third kappa shape index (κ3) is 10.6. The van der Waals surface area contributed by atoms with Crippen molar-refractivity contribution in [2.24, 2.45) is 28.1 Å². The topological polar surface area (TPSA) is 235 Å². The van der Waals surface area contributed by atoms with E-state index in [0.29, 0.717) is 13.0 Å². The standard InChI is InChI=1S/C18H35N7O6S/c1-8(2)12(17(30)31)24-16(29)13(9(3)26)25-15(28)11(7-32)23-14(27)10(19)5-4-6-22-18(20)21/h8-13,26,32H,4-7,19H2,1-3H3,(H,23,27)(H,24,29)(H,25,28)(H,30,31)(H4,20,21,22). The molecule has 0 aromatic heterocycles. The quantitative estimate of drug-likeness (QED) is 0.0531. The smallest absolute Gasteiger partial charge is 0.326 e. The van der Waals surface area contributed by atoms with Crippen molar-refractivity contribution in [1.29, 1.82) is 0 Å². The van der Waals surface area contributed by atoms with Crippen molar-refractivity contribution in [3.8, 4) is 0 Å². The summed E-state index contributed by atoms with van der Waals surface area (Å²) in [5.74, 6) is -4.16. The molecule has 0 aliphatic rings. The van der Waals surface area contributed by atoms with Crippen molar-refractivity contribution < 1.29 is 29.4 Å². The van der Waals surface area contributed by atoms with Crippen LogP contribution in [0.5, 0.6) is 0 Å². The minimum Gasteiger partial charge on any atom is -0.480 e. The number of rotatable bonds is 14. The van der Waals surface area contributed by atoms with Gasteiger partial charge in [0.15, 0.2) is 5.96 Å². The normalized spacial score (nSPS) is 15.6. The highest BCUT2D eigenvalue weighted by atomic mass is 32.1. The molecule has 11 N–H and O–H groups in total. The third-order valence-electron chi connectivity index (χ3n) is 4.41. The van der Waals surface area contributed by atoms with Gasteiger partial charge in [-0.1, -0.05) is 13.8 Å². The Balaban J connectivity index is 5.04. The Hall–Kier alpha value is -2.58. The number of aliphatic hydroxyl groups excluding tert-OH is 1. The van der Waals surface area contributed by atoms with E-state index in [9.17, 15) is 29.4 Å². The van der Waals surface area contributed by atoms with E-state index in [1.54, 1.807) is 13.8 Å². The number of hydrogen-bond donors (Lipinski definition) is 9. The van der Waals surface area contributed by atoms with Crippen molar-refractivity contribution in [2.45, 2.75) is 63.9 Å². The first kappa shape index (κ1) is 29.4. The van der Waals surface area contributed by atoms with Crippen molar-refractivity contribution in [3.05, 3.63) is 0 Å². The minimum absolute atomic E-state index is 0.0744. The zero-order valence-corrected chi connectivity index (χ0v) is 19.3. The fourth-order valence-corrected chi connectivity index (χ4v) is 2.80. The van der Waals surface area contributed by atoms with Gasteiger partial charge >= 0.3 is 5.97 Å². The fourth-order valence-electron chi connectivity index (χ4n) is 2.54. The summed E-state index contributed by atoms with van der Waals surface area (Å²) in [4.78, 5) is 52.4. The average Bonchev–Trinajstić information content (AvgIpc) is 2.69. The zero-order chi connectivity index (χ0) is 25.0. The molecule has 0 bridgehead atoms. The van der Waals surface area contributed by atoms with E-state index in [1.165, 1.54) is 6.92 Å². The molecular weight excluding hydrogens is 442 g/mol. The molecular formula is C18H35N7O6S.